The second-order valence-electron chi connectivity index (χ2n) is 6.41. The van der Waals surface area contributed by atoms with Gasteiger partial charge in [0, 0.05) is 33.6 Å². The first-order valence-corrected chi connectivity index (χ1v) is 8.98. The number of para-hydroxylation sites is 1. The van der Waals surface area contributed by atoms with Gasteiger partial charge in [-0.3, -0.25) is 4.79 Å². The third kappa shape index (κ3) is 3.34. The van der Waals surface area contributed by atoms with E-state index in [-0.39, 0.29) is 5.56 Å². The zero-order chi connectivity index (χ0) is 19.0. The van der Waals surface area contributed by atoms with Crippen molar-refractivity contribution in [3.63, 3.8) is 0 Å². The Kier molecular flexibility index (Phi) is 4.46. The van der Waals surface area contributed by atoms with Crippen molar-refractivity contribution in [1.29, 1.82) is 0 Å². The molecule has 0 saturated heterocycles. The van der Waals surface area contributed by atoms with E-state index < -0.39 is 11.5 Å². The van der Waals surface area contributed by atoms with E-state index in [1.807, 2.05) is 25.1 Å². The molecule has 136 valence electrons. The number of benzene rings is 2. The summed E-state index contributed by atoms with van der Waals surface area (Å²) < 4.78 is 5.22. The number of rotatable bonds is 4. The highest BCUT2D eigenvalue weighted by Gasteiger charge is 2.14. The Hall–Kier alpha value is -3.05. The summed E-state index contributed by atoms with van der Waals surface area (Å²) in [5.74, 6) is -0.455. The van der Waals surface area contributed by atoms with E-state index in [4.69, 9.17) is 16.0 Å². The van der Waals surface area contributed by atoms with Gasteiger partial charge in [-0.25, -0.2) is 4.79 Å². The van der Waals surface area contributed by atoms with Crippen molar-refractivity contribution in [1.82, 2.24) is 10.3 Å². The zero-order valence-electron chi connectivity index (χ0n) is 14.6. The lowest BCUT2D eigenvalue weighted by Crippen LogP contribution is -2.30. The number of nitrogens with one attached hydrogen (secondary N) is 2. The van der Waals surface area contributed by atoms with E-state index in [2.05, 4.69) is 16.4 Å². The first-order valence-electron chi connectivity index (χ1n) is 8.61. The van der Waals surface area contributed by atoms with E-state index in [9.17, 15) is 9.59 Å². The Labute approximate surface area is 160 Å². The Morgan fingerprint density at radius 2 is 2.00 bits per heavy atom. The topological polar surface area (TPSA) is 75.1 Å². The lowest BCUT2D eigenvalue weighted by molar-refractivity contribution is 0.0950. The smallest absolute Gasteiger partial charge is 0.349 e. The van der Waals surface area contributed by atoms with Crippen molar-refractivity contribution in [3.05, 3.63) is 80.8 Å². The van der Waals surface area contributed by atoms with Crippen molar-refractivity contribution in [2.24, 2.45) is 0 Å². The van der Waals surface area contributed by atoms with E-state index in [1.165, 1.54) is 6.07 Å². The molecule has 0 spiro atoms. The molecule has 6 heteroatoms. The summed E-state index contributed by atoms with van der Waals surface area (Å²) in [6.45, 7) is 2.42. The number of aromatic nitrogens is 1. The Bertz CT molecular complexity index is 1220. The predicted molar refractivity (Wildman–Crippen MR) is 107 cm³/mol. The fraction of sp³-hybridized carbons (Fsp3) is 0.143. The predicted octanol–water partition coefficient (Wildman–Crippen LogP) is 4.21. The first kappa shape index (κ1) is 17.4. The molecule has 27 heavy (non-hydrogen) atoms. The van der Waals surface area contributed by atoms with Gasteiger partial charge in [0.25, 0.3) is 5.91 Å². The average Bonchev–Trinajstić information content (AvgIpc) is 2.97. The fourth-order valence-electron chi connectivity index (χ4n) is 3.31. The lowest BCUT2D eigenvalue weighted by Gasteiger charge is -2.06. The molecular formula is C21H17ClN2O3. The standard InChI is InChI=1S/C21H17ClN2O3/c1-12-15(16-4-2-3-5-18(16)24-12)8-9-23-20(25)17-11-13-10-14(22)6-7-19(13)27-21(17)26/h2-7,10-11,24H,8-9H2,1H3,(H,23,25). The van der Waals surface area contributed by atoms with Crippen LogP contribution in [0, 0.1) is 6.92 Å². The number of fused-ring (bicyclic) bond motifs is 2. The molecule has 0 radical (unpaired) electrons. The minimum absolute atomic E-state index is 0.0274. The summed E-state index contributed by atoms with van der Waals surface area (Å²) in [5.41, 5.74) is 3.01. The third-order valence-corrected chi connectivity index (χ3v) is 4.86. The Morgan fingerprint density at radius 1 is 1.19 bits per heavy atom. The van der Waals surface area contributed by atoms with Gasteiger partial charge in [0.2, 0.25) is 0 Å². The Morgan fingerprint density at radius 3 is 2.85 bits per heavy atom. The van der Waals surface area contributed by atoms with Crippen LogP contribution in [0.4, 0.5) is 0 Å². The minimum atomic E-state index is -0.661. The van der Waals surface area contributed by atoms with Gasteiger partial charge < -0.3 is 14.7 Å². The molecule has 0 atom stereocenters. The molecule has 5 nitrogen and oxygen atoms in total. The van der Waals surface area contributed by atoms with Crippen LogP contribution >= 0.6 is 11.6 Å². The van der Waals surface area contributed by atoms with Gasteiger partial charge in [-0.1, -0.05) is 29.8 Å². The van der Waals surface area contributed by atoms with Gasteiger partial charge in [0.15, 0.2) is 0 Å². The van der Waals surface area contributed by atoms with Crippen LogP contribution in [-0.4, -0.2) is 17.4 Å². The molecule has 0 bridgehead atoms. The maximum Gasteiger partial charge on any atom is 0.349 e. The van der Waals surface area contributed by atoms with E-state index in [0.717, 1.165) is 22.2 Å². The normalized spacial score (nSPS) is 11.2. The highest BCUT2D eigenvalue weighted by molar-refractivity contribution is 6.31. The number of aromatic amines is 1. The van der Waals surface area contributed by atoms with Gasteiger partial charge in [0.05, 0.1) is 0 Å². The van der Waals surface area contributed by atoms with Crippen LogP contribution < -0.4 is 10.9 Å². The minimum Gasteiger partial charge on any atom is -0.422 e. The number of aryl methyl sites for hydroxylation is 1. The number of carbonyl (C=O) groups is 1. The molecule has 2 heterocycles. The summed E-state index contributed by atoms with van der Waals surface area (Å²) in [6.07, 6.45) is 0.659. The third-order valence-electron chi connectivity index (χ3n) is 4.63. The van der Waals surface area contributed by atoms with Crippen LogP contribution in [0.25, 0.3) is 21.9 Å². The number of H-pyrrole nitrogens is 1. The molecule has 0 unspecified atom stereocenters. The van der Waals surface area contributed by atoms with Crippen molar-refractivity contribution in [2.75, 3.05) is 6.54 Å². The van der Waals surface area contributed by atoms with Gasteiger partial charge in [-0.15, -0.1) is 0 Å². The average molecular weight is 381 g/mol. The van der Waals surface area contributed by atoms with E-state index >= 15 is 0 Å². The van der Waals surface area contributed by atoms with Crippen LogP contribution in [0.2, 0.25) is 5.02 Å². The monoisotopic (exact) mass is 380 g/mol. The number of hydrogen-bond acceptors (Lipinski definition) is 3. The molecule has 4 aromatic rings. The van der Waals surface area contributed by atoms with E-state index in [1.54, 1.807) is 18.2 Å². The maximum atomic E-state index is 12.5. The summed E-state index contributed by atoms with van der Waals surface area (Å²) >= 11 is 5.97. The number of carbonyl (C=O) groups excluding carboxylic acids is 1. The zero-order valence-corrected chi connectivity index (χ0v) is 15.4. The molecule has 2 N–H and O–H groups in total. The van der Waals surface area contributed by atoms with Crippen LogP contribution in [0.3, 0.4) is 0 Å². The molecule has 0 aliphatic carbocycles. The molecule has 4 rings (SSSR count). The van der Waals surface area contributed by atoms with Gasteiger partial charge in [-0.05, 0) is 49.2 Å². The van der Waals surface area contributed by atoms with Crippen molar-refractivity contribution < 1.29 is 9.21 Å². The summed E-state index contributed by atoms with van der Waals surface area (Å²) in [6, 6.07) is 14.5. The molecule has 0 saturated carbocycles. The highest BCUT2D eigenvalue weighted by atomic mass is 35.5. The SMILES string of the molecule is Cc1[nH]c2ccccc2c1CCNC(=O)c1cc2cc(Cl)ccc2oc1=O. The number of hydrogen-bond donors (Lipinski definition) is 2. The lowest BCUT2D eigenvalue weighted by atomic mass is 10.1. The van der Waals surface area contributed by atoms with Crippen molar-refractivity contribution >= 4 is 39.4 Å². The van der Waals surface area contributed by atoms with Crippen LogP contribution in [0.15, 0.2) is 57.7 Å². The van der Waals surface area contributed by atoms with Crippen molar-refractivity contribution in [2.45, 2.75) is 13.3 Å². The van der Waals surface area contributed by atoms with Crippen molar-refractivity contribution in [3.8, 4) is 0 Å². The molecule has 0 fully saturated rings. The maximum absolute atomic E-state index is 12.5. The number of halogens is 1. The second-order valence-corrected chi connectivity index (χ2v) is 6.85. The number of amides is 1. The quantitative estimate of drug-likeness (QED) is 0.521. The molecule has 0 aliphatic heterocycles. The van der Waals surface area contributed by atoms with Crippen LogP contribution in [0.1, 0.15) is 21.6 Å². The van der Waals surface area contributed by atoms with Crippen LogP contribution in [-0.2, 0) is 6.42 Å². The fourth-order valence-corrected chi connectivity index (χ4v) is 3.49. The van der Waals surface area contributed by atoms with Gasteiger partial charge in [0.1, 0.15) is 11.1 Å². The van der Waals surface area contributed by atoms with E-state index in [0.29, 0.717) is 29.0 Å². The summed E-state index contributed by atoms with van der Waals surface area (Å²) in [4.78, 5) is 27.9. The Balaban J connectivity index is 1.52. The molecule has 2 aromatic heterocycles. The molecule has 1 amide bonds. The largest absolute Gasteiger partial charge is 0.422 e. The molecular weight excluding hydrogens is 364 g/mol. The van der Waals surface area contributed by atoms with Crippen LogP contribution in [0.5, 0.6) is 0 Å². The highest BCUT2D eigenvalue weighted by Crippen LogP contribution is 2.22. The van der Waals surface area contributed by atoms with Gasteiger partial charge in [-0.2, -0.15) is 0 Å². The first-order chi connectivity index (χ1) is 13.0. The molecule has 2 aromatic carbocycles. The molecule has 0 aliphatic rings. The van der Waals surface area contributed by atoms with Gasteiger partial charge >= 0.3 is 5.63 Å². The summed E-state index contributed by atoms with van der Waals surface area (Å²) in [7, 11) is 0. The summed E-state index contributed by atoms with van der Waals surface area (Å²) in [5, 5.41) is 5.07. The second kappa shape index (κ2) is 6.93.